The number of carbonyl (C=O) groups is 1. The molecule has 1 aliphatic heterocycles. The maximum Gasteiger partial charge on any atom is 0.251 e. The molecular weight excluding hydrogens is 358 g/mol. The predicted octanol–water partition coefficient (Wildman–Crippen LogP) is 4.78. The van der Waals surface area contributed by atoms with Gasteiger partial charge in [0.1, 0.15) is 0 Å². The Labute approximate surface area is 165 Å². The first kappa shape index (κ1) is 20.5. The Morgan fingerprint density at radius 3 is 1.86 bits per heavy atom. The van der Waals surface area contributed by atoms with Gasteiger partial charge < -0.3 is 5.32 Å². The minimum absolute atomic E-state index is 0.0868. The van der Waals surface area contributed by atoms with E-state index in [4.69, 9.17) is 19.6 Å². The Morgan fingerprint density at radius 2 is 1.36 bits per heavy atom. The van der Waals surface area contributed by atoms with Gasteiger partial charge in [-0.1, -0.05) is 63.1 Å². The van der Waals surface area contributed by atoms with Gasteiger partial charge in [-0.2, -0.15) is 19.6 Å². The molecule has 2 aromatic rings. The van der Waals surface area contributed by atoms with Gasteiger partial charge in [-0.05, 0) is 30.5 Å². The molecule has 0 spiro atoms. The highest BCUT2D eigenvalue weighted by atomic mass is 17.4. The number of hydrogen-bond acceptors (Lipinski definition) is 5. The van der Waals surface area contributed by atoms with Gasteiger partial charge in [-0.25, -0.2) is 0 Å². The lowest BCUT2D eigenvalue weighted by molar-refractivity contribution is -0.600. The smallest absolute Gasteiger partial charge is 0.251 e. The van der Waals surface area contributed by atoms with Crippen LogP contribution in [0.3, 0.4) is 0 Å². The molecule has 0 saturated carbocycles. The van der Waals surface area contributed by atoms with E-state index in [0.717, 1.165) is 31.2 Å². The average molecular weight is 385 g/mol. The second-order valence-corrected chi connectivity index (χ2v) is 6.73. The fourth-order valence-corrected chi connectivity index (χ4v) is 2.84. The fraction of sp³-hybridized carbons (Fsp3) is 0.409. The topological polar surface area (TPSA) is 66.0 Å². The average Bonchev–Trinajstić information content (AvgIpc) is 2.77. The highest BCUT2D eigenvalue weighted by Crippen LogP contribution is 2.32. The summed E-state index contributed by atoms with van der Waals surface area (Å²) < 4.78 is 0. The van der Waals surface area contributed by atoms with Gasteiger partial charge in [0.05, 0.1) is 0 Å². The van der Waals surface area contributed by atoms with Gasteiger partial charge in [-0.15, -0.1) is 0 Å². The number of amides is 1. The van der Waals surface area contributed by atoms with Crippen LogP contribution < -0.4 is 5.32 Å². The minimum Gasteiger partial charge on any atom is -0.352 e. The molecule has 0 aliphatic carbocycles. The van der Waals surface area contributed by atoms with Crippen molar-refractivity contribution < 1.29 is 24.3 Å². The predicted molar refractivity (Wildman–Crippen MR) is 104 cm³/mol. The summed E-state index contributed by atoms with van der Waals surface area (Å²) in [6, 6.07) is 14.8. The zero-order valence-corrected chi connectivity index (χ0v) is 16.4. The van der Waals surface area contributed by atoms with Crippen LogP contribution in [0.5, 0.6) is 0 Å². The highest BCUT2D eigenvalue weighted by molar-refractivity contribution is 5.94. The summed E-state index contributed by atoms with van der Waals surface area (Å²) in [4.78, 5) is 33.4. The number of carbonyl (C=O) groups excluding carboxylic acids is 1. The maximum atomic E-state index is 12.1. The lowest BCUT2D eigenvalue weighted by atomic mass is 10.1. The number of unbranched alkanes of at least 4 members (excludes halogenated alkanes) is 2. The van der Waals surface area contributed by atoms with E-state index in [2.05, 4.69) is 19.2 Å². The van der Waals surface area contributed by atoms with Crippen molar-refractivity contribution in [2.45, 2.75) is 52.1 Å². The van der Waals surface area contributed by atoms with Crippen LogP contribution in [0.1, 0.15) is 72.7 Å². The van der Waals surface area contributed by atoms with Crippen molar-refractivity contribution in [3.05, 3.63) is 70.8 Å². The first-order chi connectivity index (χ1) is 13.7. The summed E-state index contributed by atoms with van der Waals surface area (Å²) in [6.07, 6.45) is 2.64. The maximum absolute atomic E-state index is 12.1. The summed E-state index contributed by atoms with van der Waals surface area (Å²) in [5.41, 5.74) is 3.33. The van der Waals surface area contributed by atoms with Crippen LogP contribution in [0.4, 0.5) is 0 Å². The number of rotatable bonds is 8. The standard InChI is InChI=1S/C22H27NO5/c1-3-5-6-15-23-20(24)17-11-13-19(14-12-17)22-27-25-21(26-28-22)18-9-7-16(4-2)8-10-18/h7-14,21-22H,3-6,15H2,1-2H3,(H,23,24). The van der Waals surface area contributed by atoms with Gasteiger partial charge in [0.15, 0.2) is 0 Å². The molecule has 1 heterocycles. The zero-order chi connectivity index (χ0) is 19.8. The molecule has 1 aliphatic rings. The van der Waals surface area contributed by atoms with Crippen LogP contribution in [-0.2, 0) is 26.0 Å². The van der Waals surface area contributed by atoms with Crippen LogP contribution in [0, 0.1) is 0 Å². The lowest BCUT2D eigenvalue weighted by Crippen LogP contribution is -2.24. The second-order valence-electron chi connectivity index (χ2n) is 6.73. The number of benzene rings is 2. The van der Waals surface area contributed by atoms with Crippen molar-refractivity contribution in [3.63, 3.8) is 0 Å². The van der Waals surface area contributed by atoms with E-state index in [0.29, 0.717) is 17.7 Å². The molecule has 28 heavy (non-hydrogen) atoms. The molecule has 0 unspecified atom stereocenters. The third kappa shape index (κ3) is 5.39. The SMILES string of the molecule is CCCCCNC(=O)c1ccc(C2OOC(c3ccc(CC)cc3)OO2)cc1. The first-order valence-corrected chi connectivity index (χ1v) is 9.82. The van der Waals surface area contributed by atoms with E-state index in [1.54, 1.807) is 24.3 Å². The number of aryl methyl sites for hydroxylation is 1. The second kappa shape index (κ2) is 10.3. The highest BCUT2D eigenvalue weighted by Gasteiger charge is 2.28. The summed E-state index contributed by atoms with van der Waals surface area (Å²) in [7, 11) is 0. The molecule has 6 heteroatoms. The summed E-state index contributed by atoms with van der Waals surface area (Å²) >= 11 is 0. The third-order valence-corrected chi connectivity index (χ3v) is 4.63. The minimum atomic E-state index is -0.812. The van der Waals surface area contributed by atoms with Crippen LogP contribution in [0.2, 0.25) is 0 Å². The van der Waals surface area contributed by atoms with Crippen molar-refractivity contribution in [1.29, 1.82) is 0 Å². The number of hydrogen-bond donors (Lipinski definition) is 1. The molecule has 0 radical (unpaired) electrons. The normalized spacial score (nSPS) is 19.4. The van der Waals surface area contributed by atoms with Crippen molar-refractivity contribution in [2.24, 2.45) is 0 Å². The van der Waals surface area contributed by atoms with E-state index in [-0.39, 0.29) is 5.91 Å². The van der Waals surface area contributed by atoms with Crippen molar-refractivity contribution in [1.82, 2.24) is 5.32 Å². The van der Waals surface area contributed by atoms with E-state index < -0.39 is 12.6 Å². The first-order valence-electron chi connectivity index (χ1n) is 9.82. The Balaban J connectivity index is 1.50. The van der Waals surface area contributed by atoms with Crippen LogP contribution in [0.25, 0.3) is 0 Å². The van der Waals surface area contributed by atoms with Crippen molar-refractivity contribution >= 4 is 5.91 Å². The molecule has 1 fully saturated rings. The van der Waals surface area contributed by atoms with Crippen LogP contribution >= 0.6 is 0 Å². The summed E-state index contributed by atoms with van der Waals surface area (Å²) in [5, 5.41) is 2.91. The molecule has 1 saturated heterocycles. The molecular formula is C22H27NO5. The summed E-state index contributed by atoms with van der Waals surface area (Å²) in [6.45, 7) is 4.92. The van der Waals surface area contributed by atoms with E-state index in [9.17, 15) is 4.79 Å². The van der Waals surface area contributed by atoms with Crippen molar-refractivity contribution in [2.75, 3.05) is 6.54 Å². The van der Waals surface area contributed by atoms with Crippen molar-refractivity contribution in [3.8, 4) is 0 Å². The Morgan fingerprint density at radius 1 is 0.821 bits per heavy atom. The molecule has 2 aromatic carbocycles. The quantitative estimate of drug-likeness (QED) is 0.523. The lowest BCUT2D eigenvalue weighted by Gasteiger charge is -2.27. The van der Waals surface area contributed by atoms with E-state index in [1.165, 1.54) is 5.56 Å². The van der Waals surface area contributed by atoms with E-state index >= 15 is 0 Å². The van der Waals surface area contributed by atoms with Gasteiger partial charge in [0, 0.05) is 23.2 Å². The Bertz CT molecular complexity index is 737. The van der Waals surface area contributed by atoms with Crippen LogP contribution in [0.15, 0.2) is 48.5 Å². The Hall–Kier alpha value is -2.25. The molecule has 3 rings (SSSR count). The fourth-order valence-electron chi connectivity index (χ4n) is 2.84. The van der Waals surface area contributed by atoms with Gasteiger partial charge in [0.25, 0.3) is 5.91 Å². The molecule has 0 aromatic heterocycles. The van der Waals surface area contributed by atoms with Gasteiger partial charge in [0.2, 0.25) is 12.6 Å². The molecule has 6 nitrogen and oxygen atoms in total. The molecule has 0 atom stereocenters. The van der Waals surface area contributed by atoms with E-state index in [1.807, 2.05) is 24.3 Å². The van der Waals surface area contributed by atoms with Gasteiger partial charge >= 0.3 is 0 Å². The largest absolute Gasteiger partial charge is 0.352 e. The Kier molecular flexibility index (Phi) is 7.56. The summed E-state index contributed by atoms with van der Waals surface area (Å²) in [5.74, 6) is -0.0868. The zero-order valence-electron chi connectivity index (χ0n) is 16.4. The molecule has 150 valence electrons. The monoisotopic (exact) mass is 385 g/mol. The molecule has 0 bridgehead atoms. The van der Waals surface area contributed by atoms with Gasteiger partial charge in [-0.3, -0.25) is 4.79 Å². The molecule has 1 N–H and O–H groups in total. The third-order valence-electron chi connectivity index (χ3n) is 4.63. The molecule has 1 amide bonds. The number of nitrogens with one attached hydrogen (secondary N) is 1. The van der Waals surface area contributed by atoms with Crippen LogP contribution in [-0.4, -0.2) is 12.5 Å².